The molecule has 0 amide bonds. The summed E-state index contributed by atoms with van der Waals surface area (Å²) in [5.41, 5.74) is 2.74. The Bertz CT molecular complexity index is 2090. The van der Waals surface area contributed by atoms with Crippen molar-refractivity contribution < 1.29 is 4.74 Å². The lowest BCUT2D eigenvalue weighted by molar-refractivity contribution is 0.396. The summed E-state index contributed by atoms with van der Waals surface area (Å²) < 4.78 is 6.27. The summed E-state index contributed by atoms with van der Waals surface area (Å²) in [6.45, 7) is 0. The Hall–Kier alpha value is -5.26. The second-order valence-electron chi connectivity index (χ2n) is 8.77. The van der Waals surface area contributed by atoms with Gasteiger partial charge in [0.2, 0.25) is 5.88 Å². The quantitative estimate of drug-likeness (QED) is 0.322. The molecule has 0 bridgehead atoms. The Balaban J connectivity index is 1.54. The van der Waals surface area contributed by atoms with Gasteiger partial charge in [-0.2, -0.15) is 5.26 Å². The fraction of sp³-hybridized carbons (Fsp3) is 0.0333. The van der Waals surface area contributed by atoms with Crippen molar-refractivity contribution in [3.05, 3.63) is 117 Å². The first kappa shape index (κ1) is 24.1. The minimum absolute atomic E-state index is 0.228. The van der Waals surface area contributed by atoms with Crippen LogP contribution in [0.3, 0.4) is 0 Å². The SMILES string of the molecule is COc1ncc(-c2cccc(Cl)c2-c2ccc3c(=O)n(-c4cncc5ccccc45)c(=O)[nH]c3c2)cc1C#N. The molecular formula is C30H18ClN5O3. The largest absolute Gasteiger partial charge is 0.480 e. The number of benzene rings is 3. The third kappa shape index (κ3) is 4.02. The van der Waals surface area contributed by atoms with Crippen LogP contribution in [0.5, 0.6) is 5.88 Å². The number of aromatic nitrogens is 4. The maximum absolute atomic E-state index is 13.6. The summed E-state index contributed by atoms with van der Waals surface area (Å²) in [7, 11) is 1.45. The zero-order valence-electron chi connectivity index (χ0n) is 20.5. The van der Waals surface area contributed by atoms with Crippen molar-refractivity contribution in [2.45, 2.75) is 0 Å². The number of hydrogen-bond donors (Lipinski definition) is 1. The second kappa shape index (κ2) is 9.56. The summed E-state index contributed by atoms with van der Waals surface area (Å²) in [6.07, 6.45) is 4.80. The molecule has 6 aromatic rings. The first-order valence-electron chi connectivity index (χ1n) is 11.9. The van der Waals surface area contributed by atoms with E-state index in [0.29, 0.717) is 38.3 Å². The molecule has 3 aromatic carbocycles. The lowest BCUT2D eigenvalue weighted by atomic mass is 9.94. The summed E-state index contributed by atoms with van der Waals surface area (Å²) in [4.78, 5) is 38.1. The molecule has 8 nitrogen and oxygen atoms in total. The third-order valence-electron chi connectivity index (χ3n) is 6.56. The standard InChI is InChI=1S/C30H18ClN5O3/c1-39-28-19(13-32)11-20(15-34-28)22-7-4-8-24(31)27(22)17-9-10-23-25(12-17)35-30(38)36(29(23)37)26-16-33-14-18-5-2-3-6-21(18)26/h2-12,14-16H,1H3,(H,35,38). The Morgan fingerprint density at radius 1 is 0.949 bits per heavy atom. The molecule has 9 heteroatoms. The highest BCUT2D eigenvalue weighted by Crippen LogP contribution is 2.39. The Labute approximate surface area is 226 Å². The van der Waals surface area contributed by atoms with E-state index in [1.807, 2.05) is 30.3 Å². The van der Waals surface area contributed by atoms with E-state index in [-0.39, 0.29) is 11.4 Å². The van der Waals surface area contributed by atoms with Crippen LogP contribution in [0, 0.1) is 11.3 Å². The van der Waals surface area contributed by atoms with Gasteiger partial charge in [-0.3, -0.25) is 9.78 Å². The van der Waals surface area contributed by atoms with Gasteiger partial charge in [0.25, 0.3) is 5.56 Å². The van der Waals surface area contributed by atoms with Crippen LogP contribution in [-0.4, -0.2) is 26.6 Å². The van der Waals surface area contributed by atoms with Gasteiger partial charge in [-0.25, -0.2) is 14.3 Å². The first-order valence-corrected chi connectivity index (χ1v) is 12.2. The number of pyridine rings is 2. The number of ether oxygens (including phenoxy) is 1. The Morgan fingerprint density at radius 2 is 1.79 bits per heavy atom. The highest BCUT2D eigenvalue weighted by Gasteiger charge is 2.17. The van der Waals surface area contributed by atoms with E-state index >= 15 is 0 Å². The molecule has 0 atom stereocenters. The van der Waals surface area contributed by atoms with E-state index in [2.05, 4.69) is 21.0 Å². The Morgan fingerprint density at radius 3 is 2.62 bits per heavy atom. The number of nitrogens with one attached hydrogen (secondary N) is 1. The molecule has 0 aliphatic rings. The average molecular weight is 532 g/mol. The van der Waals surface area contributed by atoms with Crippen LogP contribution in [0.2, 0.25) is 5.02 Å². The van der Waals surface area contributed by atoms with Crippen LogP contribution in [-0.2, 0) is 0 Å². The van der Waals surface area contributed by atoms with Gasteiger partial charge >= 0.3 is 5.69 Å². The molecule has 188 valence electrons. The fourth-order valence-electron chi connectivity index (χ4n) is 4.77. The molecule has 6 rings (SSSR count). The van der Waals surface area contributed by atoms with Crippen molar-refractivity contribution in [3.63, 3.8) is 0 Å². The van der Waals surface area contributed by atoms with Crippen molar-refractivity contribution in [2.75, 3.05) is 7.11 Å². The van der Waals surface area contributed by atoms with Crippen molar-refractivity contribution in [3.8, 4) is 39.9 Å². The molecule has 0 saturated carbocycles. The lowest BCUT2D eigenvalue weighted by Gasteiger charge is -2.14. The van der Waals surface area contributed by atoms with Crippen LogP contribution < -0.4 is 16.0 Å². The van der Waals surface area contributed by atoms with Crippen LogP contribution in [0.25, 0.3) is 49.6 Å². The molecule has 0 spiro atoms. The molecule has 3 heterocycles. The van der Waals surface area contributed by atoms with E-state index in [9.17, 15) is 14.9 Å². The van der Waals surface area contributed by atoms with Gasteiger partial charge < -0.3 is 9.72 Å². The number of H-pyrrole nitrogens is 1. The molecular weight excluding hydrogens is 514 g/mol. The minimum Gasteiger partial charge on any atom is -0.480 e. The van der Waals surface area contributed by atoms with Gasteiger partial charge in [0.15, 0.2) is 0 Å². The fourth-order valence-corrected chi connectivity index (χ4v) is 5.06. The van der Waals surface area contributed by atoms with Crippen LogP contribution in [0.4, 0.5) is 0 Å². The maximum atomic E-state index is 13.6. The van der Waals surface area contributed by atoms with Crippen molar-refractivity contribution >= 4 is 33.3 Å². The highest BCUT2D eigenvalue weighted by molar-refractivity contribution is 6.34. The monoisotopic (exact) mass is 531 g/mol. The molecule has 0 aliphatic heterocycles. The van der Waals surface area contributed by atoms with Gasteiger partial charge in [-0.15, -0.1) is 0 Å². The smallest absolute Gasteiger partial charge is 0.333 e. The first-order chi connectivity index (χ1) is 19.0. The lowest BCUT2D eigenvalue weighted by Crippen LogP contribution is -2.33. The number of fused-ring (bicyclic) bond motifs is 2. The van der Waals surface area contributed by atoms with Crippen molar-refractivity contribution in [2.24, 2.45) is 0 Å². The van der Waals surface area contributed by atoms with Gasteiger partial charge in [0.1, 0.15) is 11.6 Å². The summed E-state index contributed by atoms with van der Waals surface area (Å²) in [5, 5.41) is 11.9. The predicted octanol–water partition coefficient (Wildman–Crippen LogP) is 5.49. The van der Waals surface area contributed by atoms with E-state index < -0.39 is 11.2 Å². The molecule has 39 heavy (non-hydrogen) atoms. The number of rotatable bonds is 4. The zero-order chi connectivity index (χ0) is 27.1. The molecule has 0 fully saturated rings. The summed E-state index contributed by atoms with van der Waals surface area (Å²) in [6, 6.07) is 21.8. The Kier molecular flexibility index (Phi) is 5.91. The minimum atomic E-state index is -0.583. The highest BCUT2D eigenvalue weighted by atomic mass is 35.5. The van der Waals surface area contributed by atoms with E-state index in [0.717, 1.165) is 20.9 Å². The molecule has 3 aromatic heterocycles. The van der Waals surface area contributed by atoms with E-state index in [1.54, 1.807) is 48.8 Å². The van der Waals surface area contributed by atoms with E-state index in [4.69, 9.17) is 16.3 Å². The third-order valence-corrected chi connectivity index (χ3v) is 6.88. The van der Waals surface area contributed by atoms with Crippen molar-refractivity contribution in [1.29, 1.82) is 5.26 Å². The van der Waals surface area contributed by atoms with Crippen LogP contribution in [0.15, 0.2) is 94.9 Å². The van der Waals surface area contributed by atoms with E-state index in [1.165, 1.54) is 13.3 Å². The predicted molar refractivity (Wildman–Crippen MR) is 150 cm³/mol. The molecule has 0 aliphatic carbocycles. The number of methoxy groups -OCH3 is 1. The number of nitrogens with zero attached hydrogens (tertiary/aromatic N) is 4. The molecule has 0 radical (unpaired) electrons. The van der Waals surface area contributed by atoms with Gasteiger partial charge in [0, 0.05) is 39.3 Å². The number of aromatic amines is 1. The van der Waals surface area contributed by atoms with Gasteiger partial charge in [-0.1, -0.05) is 54.1 Å². The van der Waals surface area contributed by atoms with Gasteiger partial charge in [0.05, 0.1) is 29.9 Å². The van der Waals surface area contributed by atoms with Gasteiger partial charge in [-0.05, 0) is 35.4 Å². The number of halogens is 1. The summed E-state index contributed by atoms with van der Waals surface area (Å²) in [5.74, 6) is 0.228. The molecule has 0 unspecified atom stereocenters. The maximum Gasteiger partial charge on any atom is 0.333 e. The topological polar surface area (TPSA) is 114 Å². The number of nitriles is 1. The average Bonchev–Trinajstić information content (AvgIpc) is 2.96. The normalized spacial score (nSPS) is 11.0. The van der Waals surface area contributed by atoms with Crippen molar-refractivity contribution in [1.82, 2.24) is 19.5 Å². The molecule has 0 saturated heterocycles. The zero-order valence-corrected chi connectivity index (χ0v) is 21.2. The molecule has 1 N–H and O–H groups in total. The van der Waals surface area contributed by atoms with Crippen LogP contribution in [0.1, 0.15) is 5.56 Å². The number of hydrogen-bond acceptors (Lipinski definition) is 6. The second-order valence-corrected chi connectivity index (χ2v) is 9.17. The van der Waals surface area contributed by atoms with Crippen LogP contribution >= 0.6 is 11.6 Å². The summed E-state index contributed by atoms with van der Waals surface area (Å²) >= 11 is 6.67.